The highest BCUT2D eigenvalue weighted by Crippen LogP contribution is 2.33. The van der Waals surface area contributed by atoms with E-state index in [9.17, 15) is 18.0 Å². The van der Waals surface area contributed by atoms with Crippen LogP contribution in [0.1, 0.15) is 33.7 Å². The molecule has 0 unspecified atom stereocenters. The Morgan fingerprint density at radius 1 is 1.20 bits per heavy atom. The maximum Gasteiger partial charge on any atom is 0.573 e. The summed E-state index contributed by atoms with van der Waals surface area (Å²) in [4.78, 5) is 18.8. The van der Waals surface area contributed by atoms with Gasteiger partial charge in [-0.2, -0.15) is 0 Å². The number of aryl methyl sites for hydroxylation is 3. The molecule has 0 radical (unpaired) electrons. The molecule has 2 aromatic rings. The Morgan fingerprint density at radius 3 is 2.64 bits per heavy atom. The molecule has 0 bridgehead atoms. The summed E-state index contributed by atoms with van der Waals surface area (Å²) in [6.07, 6.45) is -3.46. The maximum atomic E-state index is 12.9. The van der Waals surface area contributed by atoms with Gasteiger partial charge in [0.15, 0.2) is 0 Å². The van der Waals surface area contributed by atoms with Crippen LogP contribution in [0.3, 0.4) is 0 Å². The second-order valence-corrected chi connectivity index (χ2v) is 5.98. The highest BCUT2D eigenvalue weighted by Gasteiger charge is 2.32. The topological polar surface area (TPSA) is 42.4 Å². The van der Waals surface area contributed by atoms with Gasteiger partial charge in [0.25, 0.3) is 5.91 Å². The number of alkyl halides is 3. The molecule has 1 aromatic heterocycles. The van der Waals surface area contributed by atoms with Crippen LogP contribution < -0.4 is 9.64 Å². The summed E-state index contributed by atoms with van der Waals surface area (Å²) in [6.45, 7) is 4.13. The molecular weight excluding hydrogens is 333 g/mol. The van der Waals surface area contributed by atoms with Crippen LogP contribution in [0.5, 0.6) is 5.75 Å². The van der Waals surface area contributed by atoms with Crippen molar-refractivity contribution in [3.8, 4) is 5.75 Å². The number of hydrogen-bond donors (Lipinski definition) is 0. The molecule has 1 aromatic carbocycles. The Labute approximate surface area is 143 Å². The summed E-state index contributed by atoms with van der Waals surface area (Å²) in [5, 5.41) is 0. The van der Waals surface area contributed by atoms with Crippen LogP contribution in [0.4, 0.5) is 18.9 Å². The predicted octanol–water partition coefficient (Wildman–Crippen LogP) is 4.19. The molecule has 2 heterocycles. The van der Waals surface area contributed by atoms with Gasteiger partial charge in [-0.15, -0.1) is 13.2 Å². The Bertz CT molecular complexity index is 818. The van der Waals surface area contributed by atoms with Crippen molar-refractivity contribution in [2.24, 2.45) is 0 Å². The van der Waals surface area contributed by atoms with E-state index in [0.29, 0.717) is 41.9 Å². The molecule has 0 aliphatic carbocycles. The zero-order chi connectivity index (χ0) is 18.2. The van der Waals surface area contributed by atoms with Gasteiger partial charge in [-0.25, -0.2) is 0 Å². The summed E-state index contributed by atoms with van der Waals surface area (Å²) in [6, 6.07) is 7.59. The quantitative estimate of drug-likeness (QED) is 0.816. The highest BCUT2D eigenvalue weighted by atomic mass is 19.4. The molecule has 0 saturated heterocycles. The van der Waals surface area contributed by atoms with E-state index in [-0.39, 0.29) is 11.7 Å². The van der Waals surface area contributed by atoms with Gasteiger partial charge in [0.05, 0.1) is 11.3 Å². The first kappa shape index (κ1) is 17.3. The summed E-state index contributed by atoms with van der Waals surface area (Å²) < 4.78 is 41.1. The van der Waals surface area contributed by atoms with E-state index in [1.54, 1.807) is 24.0 Å². The number of anilines is 1. The minimum absolute atomic E-state index is 0.199. The van der Waals surface area contributed by atoms with Crippen molar-refractivity contribution in [3.05, 3.63) is 52.8 Å². The minimum atomic E-state index is -4.73. The fourth-order valence-electron chi connectivity index (χ4n) is 3.04. The predicted molar refractivity (Wildman–Crippen MR) is 86.8 cm³/mol. The van der Waals surface area contributed by atoms with Crippen molar-refractivity contribution >= 4 is 11.6 Å². The smallest absolute Gasteiger partial charge is 0.406 e. The lowest BCUT2D eigenvalue weighted by Gasteiger charge is -2.30. The molecule has 0 N–H and O–H groups in total. The fraction of sp³-hybridized carbons (Fsp3) is 0.333. The average Bonchev–Trinajstić information content (AvgIpc) is 2.52. The Kier molecular flexibility index (Phi) is 4.41. The number of carbonyl (C=O) groups excluding carboxylic acids is 1. The van der Waals surface area contributed by atoms with Crippen molar-refractivity contribution < 1.29 is 22.7 Å². The average molecular weight is 350 g/mol. The summed E-state index contributed by atoms with van der Waals surface area (Å²) in [5.41, 5.74) is 3.23. The number of aromatic nitrogens is 1. The third-order valence-corrected chi connectivity index (χ3v) is 4.10. The Morgan fingerprint density at radius 2 is 1.96 bits per heavy atom. The molecule has 1 aliphatic heterocycles. The normalized spacial score (nSPS) is 14.2. The van der Waals surface area contributed by atoms with Gasteiger partial charge in [0.1, 0.15) is 5.75 Å². The first-order valence-electron chi connectivity index (χ1n) is 7.89. The lowest BCUT2D eigenvalue weighted by atomic mass is 10.00. The fourth-order valence-corrected chi connectivity index (χ4v) is 3.04. The Hall–Kier alpha value is -2.57. The van der Waals surface area contributed by atoms with Crippen LogP contribution in [0.15, 0.2) is 30.3 Å². The van der Waals surface area contributed by atoms with Crippen molar-refractivity contribution in [2.45, 2.75) is 33.1 Å². The number of carbonyl (C=O) groups is 1. The number of rotatable bonds is 2. The van der Waals surface area contributed by atoms with Gasteiger partial charge < -0.3 is 9.64 Å². The molecule has 0 fully saturated rings. The van der Waals surface area contributed by atoms with E-state index in [0.717, 1.165) is 5.69 Å². The molecular formula is C18H17F3N2O2. The zero-order valence-electron chi connectivity index (χ0n) is 13.9. The molecule has 7 heteroatoms. The molecule has 0 atom stereocenters. The van der Waals surface area contributed by atoms with Gasteiger partial charge in [-0.05, 0) is 62.6 Å². The summed E-state index contributed by atoms with van der Waals surface area (Å²) in [7, 11) is 0. The van der Waals surface area contributed by atoms with Crippen molar-refractivity contribution in [2.75, 3.05) is 11.4 Å². The molecule has 1 amide bonds. The van der Waals surface area contributed by atoms with E-state index in [4.69, 9.17) is 0 Å². The van der Waals surface area contributed by atoms with E-state index in [2.05, 4.69) is 9.72 Å². The van der Waals surface area contributed by atoms with Gasteiger partial charge in [0, 0.05) is 17.9 Å². The van der Waals surface area contributed by atoms with Crippen molar-refractivity contribution in [1.29, 1.82) is 0 Å². The third kappa shape index (κ3) is 3.75. The van der Waals surface area contributed by atoms with Crippen LogP contribution >= 0.6 is 0 Å². The van der Waals surface area contributed by atoms with Crippen LogP contribution in [0, 0.1) is 13.8 Å². The van der Waals surface area contributed by atoms with Gasteiger partial charge in [-0.3, -0.25) is 9.78 Å². The number of fused-ring (bicyclic) bond motifs is 1. The molecule has 0 spiro atoms. The second kappa shape index (κ2) is 6.38. The van der Waals surface area contributed by atoms with Gasteiger partial charge >= 0.3 is 6.36 Å². The first-order valence-corrected chi connectivity index (χ1v) is 7.89. The molecule has 0 saturated carbocycles. The standard InChI is InChI=1S/C18H17F3N2O2/c1-11-5-7-15(12(2)22-11)17(24)23-9-3-4-13-10-14(6-8-16(13)23)25-18(19,20)21/h5-8,10H,3-4,9H2,1-2H3. The summed E-state index contributed by atoms with van der Waals surface area (Å²) >= 11 is 0. The van der Waals surface area contributed by atoms with Gasteiger partial charge in [0.2, 0.25) is 0 Å². The molecule has 25 heavy (non-hydrogen) atoms. The monoisotopic (exact) mass is 350 g/mol. The minimum Gasteiger partial charge on any atom is -0.406 e. The SMILES string of the molecule is Cc1ccc(C(=O)N2CCCc3cc(OC(F)(F)F)ccc32)c(C)n1. The number of hydrogen-bond acceptors (Lipinski definition) is 3. The van der Waals surface area contributed by atoms with E-state index in [1.807, 2.05) is 6.92 Å². The van der Waals surface area contributed by atoms with Crippen LogP contribution in [0.25, 0.3) is 0 Å². The summed E-state index contributed by atoms with van der Waals surface area (Å²) in [5.74, 6) is -0.468. The largest absolute Gasteiger partial charge is 0.573 e. The van der Waals surface area contributed by atoms with E-state index in [1.165, 1.54) is 18.2 Å². The number of halogens is 3. The number of amides is 1. The zero-order valence-corrected chi connectivity index (χ0v) is 13.9. The molecule has 1 aliphatic rings. The molecule has 4 nitrogen and oxygen atoms in total. The third-order valence-electron chi connectivity index (χ3n) is 4.10. The van der Waals surface area contributed by atoms with Crippen molar-refractivity contribution in [3.63, 3.8) is 0 Å². The van der Waals surface area contributed by atoms with Crippen LogP contribution in [-0.2, 0) is 6.42 Å². The Balaban J connectivity index is 1.92. The maximum absolute atomic E-state index is 12.9. The first-order chi connectivity index (χ1) is 11.7. The molecule has 3 rings (SSSR count). The molecule has 132 valence electrons. The number of benzene rings is 1. The van der Waals surface area contributed by atoms with Crippen LogP contribution in [-0.4, -0.2) is 23.8 Å². The van der Waals surface area contributed by atoms with Gasteiger partial charge in [-0.1, -0.05) is 0 Å². The second-order valence-electron chi connectivity index (χ2n) is 5.98. The van der Waals surface area contributed by atoms with E-state index < -0.39 is 6.36 Å². The number of pyridine rings is 1. The van der Waals surface area contributed by atoms with Crippen molar-refractivity contribution in [1.82, 2.24) is 4.98 Å². The lowest BCUT2D eigenvalue weighted by Crippen LogP contribution is -2.36. The number of nitrogens with zero attached hydrogens (tertiary/aromatic N) is 2. The highest BCUT2D eigenvalue weighted by molar-refractivity contribution is 6.07. The lowest BCUT2D eigenvalue weighted by molar-refractivity contribution is -0.274. The number of ether oxygens (including phenoxy) is 1. The van der Waals surface area contributed by atoms with E-state index >= 15 is 0 Å². The van der Waals surface area contributed by atoms with Crippen LogP contribution in [0.2, 0.25) is 0 Å².